The molecule has 0 radical (unpaired) electrons. The molecule has 11 heteroatoms. The average molecular weight is 502 g/mol. The lowest BCUT2D eigenvalue weighted by Crippen LogP contribution is -2.33. The van der Waals surface area contributed by atoms with Crippen LogP contribution in [0.1, 0.15) is 19.0 Å². The molecule has 2 aromatic heterocycles. The molecule has 0 aliphatic rings. The highest BCUT2D eigenvalue weighted by molar-refractivity contribution is 6.09. The monoisotopic (exact) mass is 501 g/mol. The minimum atomic E-state index is -1.10. The normalized spacial score (nSPS) is 12.8. The van der Waals surface area contributed by atoms with Gasteiger partial charge in [-0.05, 0) is 18.6 Å². The Morgan fingerprint density at radius 3 is 2.42 bits per heavy atom. The van der Waals surface area contributed by atoms with Gasteiger partial charge in [0.25, 0.3) is 0 Å². The molecule has 0 bridgehead atoms. The summed E-state index contributed by atoms with van der Waals surface area (Å²) in [7, 11) is 5.59. The number of ether oxygens (including phenoxy) is 3. The number of anilines is 2. The Morgan fingerprint density at radius 2 is 1.83 bits per heavy atom. The molecule has 2 heterocycles. The number of hydrogen-bond donors (Lipinski definition) is 1. The summed E-state index contributed by atoms with van der Waals surface area (Å²) in [5.74, 6) is -2.29. The Bertz CT molecular complexity index is 1240. The zero-order chi connectivity index (χ0) is 26.2. The van der Waals surface area contributed by atoms with Gasteiger partial charge in [0.1, 0.15) is 17.0 Å². The maximum atomic E-state index is 15.4. The minimum absolute atomic E-state index is 0.0695. The lowest BCUT2D eigenvalue weighted by atomic mass is 10.1. The summed E-state index contributed by atoms with van der Waals surface area (Å²) in [4.78, 5) is 18.8. The van der Waals surface area contributed by atoms with E-state index in [1.807, 2.05) is 13.0 Å². The molecule has 192 valence electrons. The van der Waals surface area contributed by atoms with E-state index < -0.39 is 23.4 Å². The number of aliphatic hydroxyl groups excluding tert-OH is 1. The zero-order valence-corrected chi connectivity index (χ0v) is 20.8. The number of benzene rings is 1. The Balaban J connectivity index is 2.22. The SMILES string of the molecule is CC/C=C(\C=N/C)c1cnc2ccc(N(CC(O)COC)c3c(F)c(OC)cc(OC)c3F)nc2n1. The average Bonchev–Trinajstić information content (AvgIpc) is 2.87. The number of allylic oxidation sites excluding steroid dienone is 2. The van der Waals surface area contributed by atoms with Gasteiger partial charge in [0.2, 0.25) is 0 Å². The van der Waals surface area contributed by atoms with E-state index in [0.29, 0.717) is 11.2 Å². The third-order valence-corrected chi connectivity index (χ3v) is 5.23. The van der Waals surface area contributed by atoms with Crippen LogP contribution in [0.2, 0.25) is 0 Å². The summed E-state index contributed by atoms with van der Waals surface area (Å²) in [6.07, 6.45) is 4.90. The third kappa shape index (κ3) is 5.74. The summed E-state index contributed by atoms with van der Waals surface area (Å²) in [5.41, 5.74) is 1.54. The number of fused-ring (bicyclic) bond motifs is 1. The van der Waals surface area contributed by atoms with Gasteiger partial charge in [-0.3, -0.25) is 9.98 Å². The van der Waals surface area contributed by atoms with Crippen LogP contribution in [0, 0.1) is 11.6 Å². The second kappa shape index (κ2) is 12.3. The number of aliphatic hydroxyl groups is 1. The van der Waals surface area contributed by atoms with Gasteiger partial charge in [-0.2, -0.15) is 0 Å². The molecule has 1 N–H and O–H groups in total. The van der Waals surface area contributed by atoms with Crippen molar-refractivity contribution in [3.05, 3.63) is 47.8 Å². The van der Waals surface area contributed by atoms with Crippen LogP contribution >= 0.6 is 0 Å². The van der Waals surface area contributed by atoms with Gasteiger partial charge >= 0.3 is 0 Å². The number of halogens is 2. The molecule has 0 amide bonds. The molecule has 9 nitrogen and oxygen atoms in total. The van der Waals surface area contributed by atoms with Crippen LogP contribution in [0.4, 0.5) is 20.3 Å². The molecule has 1 unspecified atom stereocenters. The van der Waals surface area contributed by atoms with Gasteiger partial charge in [0.15, 0.2) is 28.8 Å². The highest BCUT2D eigenvalue weighted by atomic mass is 19.1. The van der Waals surface area contributed by atoms with Crippen LogP contribution in [0.15, 0.2) is 35.5 Å². The molecular weight excluding hydrogens is 472 g/mol. The highest BCUT2D eigenvalue weighted by Crippen LogP contribution is 2.40. The summed E-state index contributed by atoms with van der Waals surface area (Å²) >= 11 is 0. The first-order chi connectivity index (χ1) is 17.4. The molecule has 1 aromatic carbocycles. The Morgan fingerprint density at radius 1 is 1.14 bits per heavy atom. The first-order valence-corrected chi connectivity index (χ1v) is 11.2. The van der Waals surface area contributed by atoms with E-state index in [0.717, 1.165) is 18.1 Å². The predicted octanol–water partition coefficient (Wildman–Crippen LogP) is 3.96. The van der Waals surface area contributed by atoms with Crippen molar-refractivity contribution in [1.82, 2.24) is 15.0 Å². The fourth-order valence-electron chi connectivity index (χ4n) is 3.62. The molecule has 0 aliphatic heterocycles. The van der Waals surface area contributed by atoms with Gasteiger partial charge in [-0.15, -0.1) is 0 Å². The number of rotatable bonds is 11. The largest absolute Gasteiger partial charge is 0.493 e. The highest BCUT2D eigenvalue weighted by Gasteiger charge is 2.28. The first kappa shape index (κ1) is 26.9. The Hall–Kier alpha value is -3.70. The van der Waals surface area contributed by atoms with Gasteiger partial charge in [0, 0.05) is 32.0 Å². The summed E-state index contributed by atoms with van der Waals surface area (Å²) in [5, 5.41) is 10.5. The quantitative estimate of drug-likeness (QED) is 0.394. The van der Waals surface area contributed by atoms with Crippen molar-refractivity contribution in [3.63, 3.8) is 0 Å². The van der Waals surface area contributed by atoms with Crippen molar-refractivity contribution in [2.24, 2.45) is 4.99 Å². The summed E-state index contributed by atoms with van der Waals surface area (Å²) in [6.45, 7) is 1.68. The van der Waals surface area contributed by atoms with Crippen molar-refractivity contribution in [3.8, 4) is 11.5 Å². The molecule has 3 rings (SSSR count). The second-order valence-corrected chi connectivity index (χ2v) is 7.70. The van der Waals surface area contributed by atoms with Gasteiger partial charge in [0.05, 0.1) is 45.4 Å². The maximum Gasteiger partial charge on any atom is 0.191 e. The van der Waals surface area contributed by atoms with Crippen LogP contribution in [-0.4, -0.2) is 73.9 Å². The fourth-order valence-corrected chi connectivity index (χ4v) is 3.62. The number of aromatic nitrogens is 3. The van der Waals surface area contributed by atoms with Gasteiger partial charge in [-0.25, -0.2) is 18.7 Å². The van der Waals surface area contributed by atoms with E-state index in [-0.39, 0.29) is 36.1 Å². The molecule has 0 saturated heterocycles. The van der Waals surface area contributed by atoms with Gasteiger partial charge < -0.3 is 24.2 Å². The molecule has 3 aromatic rings. The molecule has 36 heavy (non-hydrogen) atoms. The first-order valence-electron chi connectivity index (χ1n) is 11.2. The molecule has 1 atom stereocenters. The van der Waals surface area contributed by atoms with Crippen molar-refractivity contribution < 1.29 is 28.1 Å². The Labute approximate surface area is 208 Å². The maximum absolute atomic E-state index is 15.4. The van der Waals surface area contributed by atoms with E-state index in [1.165, 1.54) is 32.3 Å². The van der Waals surface area contributed by atoms with Crippen LogP contribution in [-0.2, 0) is 4.74 Å². The fraction of sp³-hybridized carbons (Fsp3) is 0.360. The van der Waals surface area contributed by atoms with Crippen LogP contribution in [0.5, 0.6) is 11.5 Å². The predicted molar refractivity (Wildman–Crippen MR) is 134 cm³/mol. The topological polar surface area (TPSA) is 102 Å². The van der Waals surface area contributed by atoms with E-state index in [1.54, 1.807) is 25.5 Å². The molecule has 0 spiro atoms. The van der Waals surface area contributed by atoms with Crippen molar-refractivity contribution in [2.45, 2.75) is 19.4 Å². The molecule has 0 aliphatic carbocycles. The number of nitrogens with zero attached hydrogens (tertiary/aromatic N) is 5. The van der Waals surface area contributed by atoms with Crippen molar-refractivity contribution in [1.29, 1.82) is 0 Å². The number of aliphatic imine (C=N–C) groups is 1. The number of hydrogen-bond acceptors (Lipinski definition) is 9. The van der Waals surface area contributed by atoms with Crippen molar-refractivity contribution in [2.75, 3.05) is 46.4 Å². The second-order valence-electron chi connectivity index (χ2n) is 7.70. The third-order valence-electron chi connectivity index (χ3n) is 5.23. The van der Waals surface area contributed by atoms with E-state index in [9.17, 15) is 5.11 Å². The zero-order valence-electron chi connectivity index (χ0n) is 20.8. The number of methoxy groups -OCH3 is 3. The lowest BCUT2D eigenvalue weighted by molar-refractivity contribution is 0.0699. The summed E-state index contributed by atoms with van der Waals surface area (Å²) < 4.78 is 46.0. The number of pyridine rings is 1. The summed E-state index contributed by atoms with van der Waals surface area (Å²) in [6, 6.07) is 4.28. The lowest BCUT2D eigenvalue weighted by Gasteiger charge is -2.28. The standard InChI is InChI=1S/C25H29F2N5O4/c1-6-7-15(11-28-2)18-12-29-17-8-9-21(31-25(17)30-18)32(13-16(33)14-34-3)24-22(26)19(35-4)10-20(36-5)23(24)27/h7-12,16,33H,6,13-14H2,1-5H3/b15-7+,28-11-. The van der Waals surface area contributed by atoms with Crippen LogP contribution in [0.3, 0.4) is 0 Å². The minimum Gasteiger partial charge on any atom is -0.493 e. The van der Waals surface area contributed by atoms with Crippen molar-refractivity contribution >= 4 is 34.5 Å². The van der Waals surface area contributed by atoms with E-state index in [2.05, 4.69) is 19.9 Å². The van der Waals surface area contributed by atoms with Crippen LogP contribution < -0.4 is 14.4 Å². The molecule has 0 saturated carbocycles. The molecular formula is C25H29F2N5O4. The van der Waals surface area contributed by atoms with Crippen LogP contribution in [0.25, 0.3) is 16.7 Å². The van der Waals surface area contributed by atoms with E-state index >= 15 is 8.78 Å². The van der Waals surface area contributed by atoms with Gasteiger partial charge in [-0.1, -0.05) is 13.0 Å². The Kier molecular flexibility index (Phi) is 9.20. The van der Waals surface area contributed by atoms with E-state index in [4.69, 9.17) is 14.2 Å². The molecule has 0 fully saturated rings. The smallest absolute Gasteiger partial charge is 0.191 e.